The van der Waals surface area contributed by atoms with Gasteiger partial charge in [0.2, 0.25) is 0 Å². The van der Waals surface area contributed by atoms with Crippen molar-refractivity contribution in [2.45, 2.75) is 14.7 Å². The van der Waals surface area contributed by atoms with E-state index >= 15 is 0 Å². The Morgan fingerprint density at radius 2 is 1.08 bits per heavy atom. The summed E-state index contributed by atoms with van der Waals surface area (Å²) in [7, 11) is -13.4. The monoisotopic (exact) mass is 580 g/mol. The average Bonchev–Trinajstić information content (AvgIpc) is 3.17. The van der Waals surface area contributed by atoms with E-state index in [1.807, 2.05) is 0 Å². The zero-order chi connectivity index (χ0) is 27.9. The molecule has 0 unspecified atom stereocenters. The molecular formula is C21H16N4O10S3. The molecule has 0 spiro atoms. The molecule has 0 saturated heterocycles. The summed E-state index contributed by atoms with van der Waals surface area (Å²) in [6.45, 7) is 0. The molecule has 0 bridgehead atoms. The lowest BCUT2D eigenvalue weighted by Crippen LogP contribution is -2.28. The van der Waals surface area contributed by atoms with Gasteiger partial charge in [0.1, 0.15) is 5.71 Å². The Labute approximate surface area is 216 Å². The van der Waals surface area contributed by atoms with Gasteiger partial charge in [0.05, 0.1) is 26.1 Å². The van der Waals surface area contributed by atoms with Crippen LogP contribution < -0.4 is 10.4 Å². The smallest absolute Gasteiger partial charge is 0.282 e. The molecule has 17 heteroatoms. The SMILES string of the molecule is O=C1C(=NNc2ccc(S(=O)(=O)O)cc2)C(c2ccc(S(=O)(=O)O)cc2)=NN1c1ccc(S(=O)(=O)O)cc1. The molecule has 0 atom stereocenters. The van der Waals surface area contributed by atoms with E-state index < -0.39 is 46.1 Å². The van der Waals surface area contributed by atoms with E-state index in [2.05, 4.69) is 15.6 Å². The van der Waals surface area contributed by atoms with Crippen LogP contribution in [0, 0.1) is 0 Å². The second kappa shape index (κ2) is 9.71. The predicted molar refractivity (Wildman–Crippen MR) is 134 cm³/mol. The number of benzene rings is 3. The molecule has 38 heavy (non-hydrogen) atoms. The highest BCUT2D eigenvalue weighted by atomic mass is 32.2. The van der Waals surface area contributed by atoms with Crippen molar-refractivity contribution >= 4 is 59.1 Å². The van der Waals surface area contributed by atoms with Crippen LogP contribution in [0.1, 0.15) is 5.56 Å². The number of carbonyl (C=O) groups excluding carboxylic acids is 1. The minimum atomic E-state index is -4.49. The standard InChI is InChI=1S/C21H16N4O10S3/c26-21-20(23-22-14-3-9-17(10-4-14)37(30,31)32)19(13-1-7-16(8-2-13)36(27,28)29)24-25(21)15-5-11-18(12-6-15)38(33,34)35/h1-12,22H,(H,27,28,29)(H,30,31,32)(H,33,34,35). The molecule has 1 aliphatic rings. The normalized spacial score (nSPS) is 15.6. The van der Waals surface area contributed by atoms with Gasteiger partial charge in [-0.3, -0.25) is 23.9 Å². The maximum absolute atomic E-state index is 13.2. The molecule has 3 aromatic rings. The second-order valence-electron chi connectivity index (χ2n) is 7.61. The molecule has 4 N–H and O–H groups in total. The first-order chi connectivity index (χ1) is 17.6. The van der Waals surface area contributed by atoms with E-state index in [0.29, 0.717) is 0 Å². The molecule has 4 rings (SSSR count). The molecule has 1 heterocycles. The number of nitrogens with one attached hydrogen (secondary N) is 1. The van der Waals surface area contributed by atoms with Crippen molar-refractivity contribution in [1.82, 2.24) is 0 Å². The van der Waals surface area contributed by atoms with Crippen molar-refractivity contribution in [1.29, 1.82) is 0 Å². The van der Waals surface area contributed by atoms with E-state index in [0.717, 1.165) is 41.4 Å². The Kier molecular flexibility index (Phi) is 6.91. The van der Waals surface area contributed by atoms with Crippen molar-refractivity contribution in [2.24, 2.45) is 10.2 Å². The van der Waals surface area contributed by atoms with Crippen molar-refractivity contribution < 1.29 is 43.7 Å². The summed E-state index contributed by atoms with van der Waals surface area (Å²) >= 11 is 0. The van der Waals surface area contributed by atoms with Crippen LogP contribution in [0.4, 0.5) is 11.4 Å². The fraction of sp³-hybridized carbons (Fsp3) is 0. The zero-order valence-corrected chi connectivity index (χ0v) is 21.1. The molecule has 1 amide bonds. The lowest BCUT2D eigenvalue weighted by Gasteiger charge is -2.11. The quantitative estimate of drug-likeness (QED) is 0.232. The number of carbonyl (C=O) groups is 1. The van der Waals surface area contributed by atoms with Crippen LogP contribution in [-0.4, -0.2) is 56.2 Å². The summed E-state index contributed by atoms with van der Waals surface area (Å²) < 4.78 is 95.4. The minimum Gasteiger partial charge on any atom is -0.282 e. The number of nitrogens with zero attached hydrogens (tertiary/aromatic N) is 3. The minimum absolute atomic E-state index is 0.0298. The average molecular weight is 581 g/mol. The van der Waals surface area contributed by atoms with Gasteiger partial charge in [0, 0.05) is 5.56 Å². The van der Waals surface area contributed by atoms with Gasteiger partial charge >= 0.3 is 5.91 Å². The van der Waals surface area contributed by atoms with Gasteiger partial charge in [-0.1, -0.05) is 12.1 Å². The number of amides is 1. The van der Waals surface area contributed by atoms with Crippen LogP contribution in [0.5, 0.6) is 0 Å². The van der Waals surface area contributed by atoms with Crippen molar-refractivity contribution in [3.05, 3.63) is 78.4 Å². The molecule has 14 nitrogen and oxygen atoms in total. The Hall–Kier alpha value is -4.00. The number of hydrogen-bond donors (Lipinski definition) is 4. The fourth-order valence-corrected chi connectivity index (χ4v) is 4.67. The highest BCUT2D eigenvalue weighted by Crippen LogP contribution is 2.25. The number of hydrogen-bond acceptors (Lipinski definition) is 10. The Morgan fingerprint density at radius 3 is 1.53 bits per heavy atom. The van der Waals surface area contributed by atoms with Gasteiger partial charge in [-0.15, -0.1) is 0 Å². The molecule has 1 aliphatic heterocycles. The molecule has 0 fully saturated rings. The van der Waals surface area contributed by atoms with Crippen molar-refractivity contribution in [2.75, 3.05) is 10.4 Å². The van der Waals surface area contributed by atoms with Gasteiger partial charge in [-0.25, -0.2) is 0 Å². The molecule has 0 radical (unpaired) electrons. The van der Waals surface area contributed by atoms with Crippen molar-refractivity contribution in [3.63, 3.8) is 0 Å². The lowest BCUT2D eigenvalue weighted by atomic mass is 10.1. The first-order valence-electron chi connectivity index (χ1n) is 10.1. The third-order valence-electron chi connectivity index (χ3n) is 5.07. The third kappa shape index (κ3) is 5.77. The van der Waals surface area contributed by atoms with E-state index in [9.17, 15) is 39.2 Å². The van der Waals surface area contributed by atoms with Crippen molar-refractivity contribution in [3.8, 4) is 0 Å². The van der Waals surface area contributed by atoms with E-state index in [1.165, 1.54) is 36.4 Å². The summed E-state index contributed by atoms with van der Waals surface area (Å²) in [4.78, 5) is 12.0. The molecule has 3 aromatic carbocycles. The molecule has 0 aliphatic carbocycles. The molecular weight excluding hydrogens is 564 g/mol. The number of hydrazone groups is 2. The fourth-order valence-electron chi connectivity index (χ4n) is 3.23. The Bertz CT molecular complexity index is 1800. The van der Waals surface area contributed by atoms with Crippen LogP contribution in [-0.2, 0) is 35.1 Å². The van der Waals surface area contributed by atoms with Crippen LogP contribution in [0.25, 0.3) is 0 Å². The van der Waals surface area contributed by atoms with Gasteiger partial charge in [-0.05, 0) is 60.7 Å². The summed E-state index contributed by atoms with van der Waals surface area (Å²) in [5.41, 5.74) is 2.84. The maximum Gasteiger partial charge on any atom is 0.301 e. The highest BCUT2D eigenvalue weighted by molar-refractivity contribution is 7.86. The molecule has 198 valence electrons. The zero-order valence-electron chi connectivity index (χ0n) is 18.7. The highest BCUT2D eigenvalue weighted by Gasteiger charge is 2.34. The number of rotatable bonds is 7. The Balaban J connectivity index is 1.73. The lowest BCUT2D eigenvalue weighted by molar-refractivity contribution is -0.112. The van der Waals surface area contributed by atoms with E-state index in [1.54, 1.807) is 0 Å². The summed E-state index contributed by atoms with van der Waals surface area (Å²) in [5, 5.41) is 9.17. The summed E-state index contributed by atoms with van der Waals surface area (Å²) in [5.74, 6) is -0.777. The topological polar surface area (TPSA) is 220 Å². The van der Waals surface area contributed by atoms with Gasteiger partial charge in [0.15, 0.2) is 5.71 Å². The van der Waals surface area contributed by atoms with Gasteiger partial charge in [-0.2, -0.15) is 40.5 Å². The summed E-state index contributed by atoms with van der Waals surface area (Å²) in [6, 6.07) is 14.0. The van der Waals surface area contributed by atoms with Crippen LogP contribution >= 0.6 is 0 Å². The Morgan fingerprint density at radius 1 is 0.658 bits per heavy atom. The van der Waals surface area contributed by atoms with Crippen LogP contribution in [0.2, 0.25) is 0 Å². The van der Waals surface area contributed by atoms with Crippen LogP contribution in [0.3, 0.4) is 0 Å². The first-order valence-corrected chi connectivity index (χ1v) is 14.5. The summed E-state index contributed by atoms with van der Waals surface area (Å²) in [6.07, 6.45) is 0. The molecule has 0 aromatic heterocycles. The predicted octanol–water partition coefficient (Wildman–Crippen LogP) is 1.65. The van der Waals surface area contributed by atoms with Crippen LogP contribution in [0.15, 0.2) is 97.7 Å². The molecule has 0 saturated carbocycles. The van der Waals surface area contributed by atoms with E-state index in [4.69, 9.17) is 4.55 Å². The largest absolute Gasteiger partial charge is 0.301 e. The second-order valence-corrected chi connectivity index (χ2v) is 11.9. The number of anilines is 2. The van der Waals surface area contributed by atoms with Gasteiger partial charge < -0.3 is 0 Å². The third-order valence-corrected chi connectivity index (χ3v) is 7.68. The first kappa shape index (κ1) is 27.0. The maximum atomic E-state index is 13.2. The van der Waals surface area contributed by atoms with E-state index in [-0.39, 0.29) is 33.3 Å². The van der Waals surface area contributed by atoms with Gasteiger partial charge in [0.25, 0.3) is 30.4 Å².